The molecule has 3 heteroatoms. The lowest BCUT2D eigenvalue weighted by Crippen LogP contribution is -2.24. The molecule has 0 heterocycles. The van der Waals surface area contributed by atoms with Crippen molar-refractivity contribution in [3.63, 3.8) is 0 Å². The fourth-order valence-electron chi connectivity index (χ4n) is 1.64. The number of carboxylic acids is 1. The number of carbonyl (C=O) groups is 1. The number of hydrogen-bond donors (Lipinski definition) is 2. The molecule has 0 radical (unpaired) electrons. The van der Waals surface area contributed by atoms with E-state index in [0.717, 1.165) is 13.0 Å². The first-order valence-corrected chi connectivity index (χ1v) is 5.46. The third-order valence-electron chi connectivity index (χ3n) is 2.70. The summed E-state index contributed by atoms with van der Waals surface area (Å²) in [5.74, 6) is -0.120. The largest absolute Gasteiger partial charge is 0.478 e. The number of carboxylic acid groups (broad SMARTS) is 1. The summed E-state index contributed by atoms with van der Waals surface area (Å²) in [4.78, 5) is 10.5. The van der Waals surface area contributed by atoms with E-state index in [0.29, 0.717) is 18.0 Å². The fraction of sp³-hybridized carbons (Fsp3) is 0.583. The molecule has 2 N–H and O–H groups in total. The Morgan fingerprint density at radius 1 is 1.60 bits per heavy atom. The van der Waals surface area contributed by atoms with E-state index in [1.807, 2.05) is 0 Å². The number of nitrogens with one attached hydrogen (secondary N) is 1. The molecule has 0 fully saturated rings. The summed E-state index contributed by atoms with van der Waals surface area (Å²) in [6.07, 6.45) is 9.75. The minimum Gasteiger partial charge on any atom is -0.478 e. The number of aliphatic carboxylic acids is 1. The first-order chi connectivity index (χ1) is 7.20. The van der Waals surface area contributed by atoms with Crippen molar-refractivity contribution in [3.8, 4) is 0 Å². The summed E-state index contributed by atoms with van der Waals surface area (Å²) >= 11 is 0. The quantitative estimate of drug-likeness (QED) is 0.413. The summed E-state index contributed by atoms with van der Waals surface area (Å²) in [6, 6.07) is 0. The maximum Gasteiger partial charge on any atom is 0.330 e. The Labute approximate surface area is 90.9 Å². The van der Waals surface area contributed by atoms with Gasteiger partial charge in [0.25, 0.3) is 0 Å². The van der Waals surface area contributed by atoms with Crippen LogP contribution in [0.4, 0.5) is 0 Å². The van der Waals surface area contributed by atoms with Crippen LogP contribution in [0.5, 0.6) is 0 Å². The molecule has 15 heavy (non-hydrogen) atoms. The van der Waals surface area contributed by atoms with E-state index in [4.69, 9.17) is 5.11 Å². The highest BCUT2D eigenvalue weighted by molar-refractivity contribution is 5.85. The van der Waals surface area contributed by atoms with Crippen LogP contribution < -0.4 is 5.32 Å². The van der Waals surface area contributed by atoms with Gasteiger partial charge in [0.1, 0.15) is 0 Å². The molecule has 1 rings (SSSR count). The van der Waals surface area contributed by atoms with E-state index >= 15 is 0 Å². The molecule has 84 valence electrons. The highest BCUT2D eigenvalue weighted by atomic mass is 16.4. The molecule has 0 aromatic carbocycles. The van der Waals surface area contributed by atoms with Crippen LogP contribution in [0.3, 0.4) is 0 Å². The second-order valence-electron chi connectivity index (χ2n) is 4.00. The van der Waals surface area contributed by atoms with Crippen molar-refractivity contribution in [3.05, 3.63) is 23.8 Å². The molecule has 1 aliphatic rings. The van der Waals surface area contributed by atoms with Gasteiger partial charge in [0.15, 0.2) is 0 Å². The second-order valence-corrected chi connectivity index (χ2v) is 4.00. The van der Waals surface area contributed by atoms with Crippen molar-refractivity contribution in [2.45, 2.75) is 26.2 Å². The van der Waals surface area contributed by atoms with Gasteiger partial charge in [-0.05, 0) is 38.6 Å². The summed E-state index contributed by atoms with van der Waals surface area (Å²) in [7, 11) is 0. The van der Waals surface area contributed by atoms with E-state index < -0.39 is 5.97 Å². The molecule has 0 saturated heterocycles. The average Bonchev–Trinajstić information content (AvgIpc) is 2.25. The summed E-state index contributed by atoms with van der Waals surface area (Å²) in [6.45, 7) is 3.25. The van der Waals surface area contributed by atoms with Crippen LogP contribution in [0.2, 0.25) is 0 Å². The Morgan fingerprint density at radius 3 is 3.00 bits per heavy atom. The Kier molecular flexibility index (Phi) is 5.12. The Hall–Kier alpha value is -1.09. The molecule has 1 atom stereocenters. The molecule has 0 aromatic heterocycles. The smallest absolute Gasteiger partial charge is 0.330 e. The van der Waals surface area contributed by atoms with Gasteiger partial charge in [-0.3, -0.25) is 0 Å². The molecule has 1 unspecified atom stereocenters. The van der Waals surface area contributed by atoms with Gasteiger partial charge in [-0.25, -0.2) is 4.79 Å². The van der Waals surface area contributed by atoms with Crippen molar-refractivity contribution in [1.82, 2.24) is 5.32 Å². The standard InChI is InChI=1S/C12H19NO2/c1-10(12(14)15)7-8-13-9-11-5-3-2-4-6-11/h2-3,7,11,13H,4-6,8-9H2,1H3,(H,14,15)/b10-7-. The van der Waals surface area contributed by atoms with Crippen LogP contribution in [0.25, 0.3) is 0 Å². The van der Waals surface area contributed by atoms with Crippen LogP contribution >= 0.6 is 0 Å². The summed E-state index contributed by atoms with van der Waals surface area (Å²) in [5.41, 5.74) is 0.408. The number of allylic oxidation sites excluding steroid dienone is 2. The molecule has 3 nitrogen and oxygen atoms in total. The number of rotatable bonds is 5. The molecule has 0 aromatic rings. The van der Waals surface area contributed by atoms with Gasteiger partial charge < -0.3 is 10.4 Å². The zero-order valence-electron chi connectivity index (χ0n) is 9.20. The van der Waals surface area contributed by atoms with Crippen LogP contribution in [0, 0.1) is 5.92 Å². The van der Waals surface area contributed by atoms with Crippen molar-refractivity contribution < 1.29 is 9.90 Å². The van der Waals surface area contributed by atoms with Gasteiger partial charge in [0.05, 0.1) is 0 Å². The van der Waals surface area contributed by atoms with Crippen molar-refractivity contribution in [2.24, 2.45) is 5.92 Å². The van der Waals surface area contributed by atoms with Gasteiger partial charge in [0, 0.05) is 12.1 Å². The van der Waals surface area contributed by atoms with Crippen molar-refractivity contribution in [1.29, 1.82) is 0 Å². The van der Waals surface area contributed by atoms with E-state index in [2.05, 4.69) is 17.5 Å². The van der Waals surface area contributed by atoms with Gasteiger partial charge in [-0.1, -0.05) is 18.2 Å². The van der Waals surface area contributed by atoms with E-state index in [1.54, 1.807) is 13.0 Å². The van der Waals surface area contributed by atoms with Gasteiger partial charge >= 0.3 is 5.97 Å². The van der Waals surface area contributed by atoms with E-state index in [1.165, 1.54) is 12.8 Å². The van der Waals surface area contributed by atoms with E-state index in [-0.39, 0.29) is 0 Å². The molecule has 1 aliphatic carbocycles. The lowest BCUT2D eigenvalue weighted by Gasteiger charge is -2.17. The predicted molar refractivity (Wildman–Crippen MR) is 60.7 cm³/mol. The predicted octanol–water partition coefficient (Wildman–Crippen LogP) is 1.96. The minimum atomic E-state index is -0.836. The molecular weight excluding hydrogens is 190 g/mol. The third-order valence-corrected chi connectivity index (χ3v) is 2.70. The van der Waals surface area contributed by atoms with Crippen LogP contribution in [-0.2, 0) is 4.79 Å². The van der Waals surface area contributed by atoms with Crippen LogP contribution in [-0.4, -0.2) is 24.2 Å². The van der Waals surface area contributed by atoms with Gasteiger partial charge in [-0.2, -0.15) is 0 Å². The van der Waals surface area contributed by atoms with Crippen LogP contribution in [0.15, 0.2) is 23.8 Å². The zero-order valence-corrected chi connectivity index (χ0v) is 9.20. The first-order valence-electron chi connectivity index (χ1n) is 5.46. The van der Waals surface area contributed by atoms with Gasteiger partial charge in [0.2, 0.25) is 0 Å². The molecular formula is C12H19NO2. The lowest BCUT2D eigenvalue weighted by molar-refractivity contribution is -0.132. The van der Waals surface area contributed by atoms with Crippen molar-refractivity contribution >= 4 is 5.97 Å². The molecule has 0 saturated carbocycles. The highest BCUT2D eigenvalue weighted by Crippen LogP contribution is 2.16. The Bertz CT molecular complexity index is 269. The monoisotopic (exact) mass is 209 g/mol. The van der Waals surface area contributed by atoms with Crippen molar-refractivity contribution in [2.75, 3.05) is 13.1 Å². The zero-order chi connectivity index (χ0) is 11.1. The second kappa shape index (κ2) is 6.40. The van der Waals surface area contributed by atoms with Crippen LogP contribution in [0.1, 0.15) is 26.2 Å². The minimum absolute atomic E-state index is 0.408. The summed E-state index contributed by atoms with van der Waals surface area (Å²) in [5, 5.41) is 11.9. The highest BCUT2D eigenvalue weighted by Gasteiger charge is 2.08. The maximum atomic E-state index is 10.5. The third kappa shape index (κ3) is 4.79. The molecule has 0 spiro atoms. The summed E-state index contributed by atoms with van der Waals surface area (Å²) < 4.78 is 0. The van der Waals surface area contributed by atoms with Gasteiger partial charge in [-0.15, -0.1) is 0 Å². The number of hydrogen-bond acceptors (Lipinski definition) is 2. The average molecular weight is 209 g/mol. The molecule has 0 amide bonds. The van der Waals surface area contributed by atoms with E-state index in [9.17, 15) is 4.79 Å². The molecule has 0 aliphatic heterocycles. The molecule has 0 bridgehead atoms. The Morgan fingerprint density at radius 2 is 2.40 bits per heavy atom. The first kappa shape index (κ1) is 12.0. The normalized spacial score (nSPS) is 21.7. The maximum absolute atomic E-state index is 10.5. The lowest BCUT2D eigenvalue weighted by atomic mass is 9.94. The fourth-order valence-corrected chi connectivity index (χ4v) is 1.64. The topological polar surface area (TPSA) is 49.3 Å². The SMILES string of the molecule is C/C(=C/CNCC1CC=CCC1)C(=O)O. The Balaban J connectivity index is 2.13.